The minimum absolute atomic E-state index is 0.0212. The summed E-state index contributed by atoms with van der Waals surface area (Å²) in [6.07, 6.45) is 0.763. The number of Topliss-reactive ketones (excluding diaryl/α,β-unsaturated/α-hetero) is 1. The van der Waals surface area contributed by atoms with Crippen LogP contribution in [0.5, 0.6) is 5.75 Å². The molecule has 2 atom stereocenters. The Balaban J connectivity index is 1.69. The summed E-state index contributed by atoms with van der Waals surface area (Å²) in [5, 5.41) is 20.3. The molecule has 1 aromatic heterocycles. The first-order valence-electron chi connectivity index (χ1n) is 10.00. The number of carbonyl (C=O) groups is 2. The Labute approximate surface area is 196 Å². The lowest BCUT2D eigenvalue weighted by molar-refractivity contribution is -0.132. The Kier molecular flexibility index (Phi) is 5.10. The molecule has 5 rings (SSSR count). The molecule has 3 heterocycles. The van der Waals surface area contributed by atoms with Crippen LogP contribution in [0.25, 0.3) is 5.76 Å². The molecule has 1 saturated heterocycles. The molecule has 0 unspecified atom stereocenters. The highest BCUT2D eigenvalue weighted by molar-refractivity contribution is 9.10. The van der Waals surface area contributed by atoms with Gasteiger partial charge in [-0.2, -0.15) is 0 Å². The number of aryl methyl sites for hydroxylation is 1. The number of ether oxygens (including phenoxy) is 1. The molecule has 2 aliphatic rings. The highest BCUT2D eigenvalue weighted by Gasteiger charge is 2.48. The van der Waals surface area contributed by atoms with Crippen molar-refractivity contribution in [1.29, 1.82) is 0 Å². The molecule has 0 saturated carbocycles. The molecule has 0 radical (unpaired) electrons. The van der Waals surface area contributed by atoms with E-state index in [1.54, 1.807) is 19.1 Å². The quantitative estimate of drug-likeness (QED) is 0.314. The molecule has 0 aliphatic carbocycles. The maximum atomic E-state index is 13.2. The van der Waals surface area contributed by atoms with Crippen LogP contribution < -0.4 is 9.64 Å². The van der Waals surface area contributed by atoms with E-state index in [1.807, 2.05) is 37.3 Å². The maximum Gasteiger partial charge on any atom is 0.301 e. The lowest BCUT2D eigenvalue weighted by atomic mass is 9.94. The fourth-order valence-corrected chi connectivity index (χ4v) is 5.26. The minimum atomic E-state index is -0.830. The molecule has 0 spiro atoms. The van der Waals surface area contributed by atoms with Crippen molar-refractivity contribution >= 4 is 49.8 Å². The molecule has 3 aromatic rings. The number of hydrogen-bond donors (Lipinski definition) is 1. The fourth-order valence-electron chi connectivity index (χ4n) is 4.13. The zero-order valence-corrected chi connectivity index (χ0v) is 19.6. The summed E-state index contributed by atoms with van der Waals surface area (Å²) in [6.45, 7) is 3.75. The monoisotopic (exact) mass is 511 g/mol. The van der Waals surface area contributed by atoms with Gasteiger partial charge in [0.1, 0.15) is 22.6 Å². The third-order valence-electron chi connectivity index (χ3n) is 5.50. The number of halogens is 1. The molecule has 162 valence electrons. The standard InChI is InChI=1S/C23H18BrN3O4S/c1-11-8-15-9-14(6-7-17(15)31-11)20(28)18-19(13-4-3-5-16(24)10-13)27(22(30)21(18)29)23-26-25-12(2)32-23/h3-7,9-11,19,28H,8H2,1-2H3/t11-,19-/m0/s1. The van der Waals surface area contributed by atoms with Gasteiger partial charge in [0.05, 0.1) is 11.6 Å². The van der Waals surface area contributed by atoms with Crippen molar-refractivity contribution < 1.29 is 19.4 Å². The zero-order chi connectivity index (χ0) is 22.6. The number of benzene rings is 2. The van der Waals surface area contributed by atoms with E-state index in [9.17, 15) is 14.7 Å². The predicted octanol–water partition coefficient (Wildman–Crippen LogP) is 4.56. The molecule has 0 bridgehead atoms. The molecule has 1 amide bonds. The van der Waals surface area contributed by atoms with Crippen molar-refractivity contribution in [3.8, 4) is 5.75 Å². The van der Waals surface area contributed by atoms with Crippen molar-refractivity contribution in [2.45, 2.75) is 32.4 Å². The van der Waals surface area contributed by atoms with Gasteiger partial charge in [-0.3, -0.25) is 14.5 Å². The van der Waals surface area contributed by atoms with Crippen LogP contribution in [0, 0.1) is 6.92 Å². The van der Waals surface area contributed by atoms with Gasteiger partial charge in [-0.25, -0.2) is 0 Å². The van der Waals surface area contributed by atoms with E-state index in [1.165, 1.54) is 16.2 Å². The second-order valence-corrected chi connectivity index (χ2v) is 9.86. The SMILES string of the molecule is Cc1nnc(N2C(=O)C(=O)C(=C(O)c3ccc4c(c3)C[C@H](C)O4)[C@@H]2c2cccc(Br)c2)s1. The summed E-state index contributed by atoms with van der Waals surface area (Å²) in [5.41, 5.74) is 2.11. The van der Waals surface area contributed by atoms with Crippen LogP contribution in [0.4, 0.5) is 5.13 Å². The van der Waals surface area contributed by atoms with Crippen molar-refractivity contribution in [3.05, 3.63) is 74.2 Å². The van der Waals surface area contributed by atoms with E-state index in [2.05, 4.69) is 26.1 Å². The van der Waals surface area contributed by atoms with Crippen LogP contribution in [0.1, 0.15) is 34.7 Å². The predicted molar refractivity (Wildman–Crippen MR) is 124 cm³/mol. The third-order valence-corrected chi connectivity index (χ3v) is 6.83. The van der Waals surface area contributed by atoms with Crippen molar-refractivity contribution in [1.82, 2.24) is 10.2 Å². The van der Waals surface area contributed by atoms with Gasteiger partial charge in [-0.1, -0.05) is 39.4 Å². The average Bonchev–Trinajstić information content (AvgIpc) is 3.42. The van der Waals surface area contributed by atoms with Gasteiger partial charge in [0.2, 0.25) is 5.13 Å². The van der Waals surface area contributed by atoms with E-state index in [4.69, 9.17) is 4.74 Å². The molecule has 7 nitrogen and oxygen atoms in total. The normalized spacial score (nSPS) is 21.7. The smallest absolute Gasteiger partial charge is 0.301 e. The largest absolute Gasteiger partial charge is 0.507 e. The molecule has 32 heavy (non-hydrogen) atoms. The zero-order valence-electron chi connectivity index (χ0n) is 17.2. The minimum Gasteiger partial charge on any atom is -0.507 e. The van der Waals surface area contributed by atoms with Gasteiger partial charge in [-0.15, -0.1) is 10.2 Å². The van der Waals surface area contributed by atoms with Crippen LogP contribution >= 0.6 is 27.3 Å². The van der Waals surface area contributed by atoms with E-state index in [0.29, 0.717) is 27.7 Å². The summed E-state index contributed by atoms with van der Waals surface area (Å²) in [4.78, 5) is 27.6. The number of aliphatic hydroxyl groups is 1. The number of hydrogen-bond acceptors (Lipinski definition) is 7. The van der Waals surface area contributed by atoms with Gasteiger partial charge in [0.15, 0.2) is 0 Å². The summed E-state index contributed by atoms with van der Waals surface area (Å²) in [7, 11) is 0. The van der Waals surface area contributed by atoms with Gasteiger partial charge >= 0.3 is 5.91 Å². The second kappa shape index (κ2) is 7.83. The van der Waals surface area contributed by atoms with Crippen LogP contribution in [-0.2, 0) is 16.0 Å². The summed E-state index contributed by atoms with van der Waals surface area (Å²) >= 11 is 4.67. The van der Waals surface area contributed by atoms with Crippen molar-refractivity contribution in [2.24, 2.45) is 0 Å². The summed E-state index contributed by atoms with van der Waals surface area (Å²) < 4.78 is 6.53. The Bertz CT molecular complexity index is 1300. The van der Waals surface area contributed by atoms with Crippen LogP contribution in [0.15, 0.2) is 52.5 Å². The van der Waals surface area contributed by atoms with Gasteiger partial charge in [0, 0.05) is 16.5 Å². The molecule has 9 heteroatoms. The van der Waals surface area contributed by atoms with Crippen LogP contribution in [-0.4, -0.2) is 33.1 Å². The maximum absolute atomic E-state index is 13.2. The Hall–Kier alpha value is -3.04. The number of fused-ring (bicyclic) bond motifs is 1. The molecule has 1 N–H and O–H groups in total. The topological polar surface area (TPSA) is 92.6 Å². The number of aromatic nitrogens is 2. The van der Waals surface area contributed by atoms with Gasteiger partial charge in [0.25, 0.3) is 5.78 Å². The lowest BCUT2D eigenvalue weighted by Gasteiger charge is -2.22. The first kappa shape index (κ1) is 20.8. The summed E-state index contributed by atoms with van der Waals surface area (Å²) in [5.74, 6) is -0.960. The fraction of sp³-hybridized carbons (Fsp3) is 0.217. The Morgan fingerprint density at radius 2 is 2.03 bits per heavy atom. The number of carbonyl (C=O) groups excluding carboxylic acids is 2. The highest BCUT2D eigenvalue weighted by atomic mass is 79.9. The lowest BCUT2D eigenvalue weighted by Crippen LogP contribution is -2.29. The Morgan fingerprint density at radius 1 is 1.22 bits per heavy atom. The number of aliphatic hydroxyl groups excluding tert-OH is 1. The van der Waals surface area contributed by atoms with Crippen molar-refractivity contribution in [2.75, 3.05) is 4.90 Å². The van der Waals surface area contributed by atoms with Gasteiger partial charge < -0.3 is 9.84 Å². The number of nitrogens with zero attached hydrogens (tertiary/aromatic N) is 3. The van der Waals surface area contributed by atoms with E-state index < -0.39 is 17.7 Å². The van der Waals surface area contributed by atoms with Crippen LogP contribution in [0.2, 0.25) is 0 Å². The van der Waals surface area contributed by atoms with E-state index >= 15 is 0 Å². The molecule has 2 aromatic carbocycles. The van der Waals surface area contributed by atoms with E-state index in [0.717, 1.165) is 15.8 Å². The molecular formula is C23H18BrN3O4S. The number of rotatable bonds is 3. The number of anilines is 1. The first-order valence-corrected chi connectivity index (χ1v) is 11.6. The molecule has 2 aliphatic heterocycles. The molecule has 1 fully saturated rings. The third kappa shape index (κ3) is 3.41. The van der Waals surface area contributed by atoms with Crippen LogP contribution in [0.3, 0.4) is 0 Å². The van der Waals surface area contributed by atoms with E-state index in [-0.39, 0.29) is 17.4 Å². The number of amides is 1. The summed E-state index contributed by atoms with van der Waals surface area (Å²) in [6, 6.07) is 11.8. The first-order chi connectivity index (χ1) is 15.3. The second-order valence-electron chi connectivity index (χ2n) is 7.78. The molecular weight excluding hydrogens is 494 g/mol. The highest BCUT2D eigenvalue weighted by Crippen LogP contribution is 2.44. The number of ketones is 1. The average molecular weight is 512 g/mol. The van der Waals surface area contributed by atoms with Crippen molar-refractivity contribution in [3.63, 3.8) is 0 Å². The Morgan fingerprint density at radius 3 is 2.75 bits per heavy atom. The van der Waals surface area contributed by atoms with Gasteiger partial charge in [-0.05, 0) is 55.3 Å².